The van der Waals surface area contributed by atoms with Gasteiger partial charge in [0.15, 0.2) is 0 Å². The van der Waals surface area contributed by atoms with Crippen molar-refractivity contribution in [1.29, 1.82) is 0 Å². The Morgan fingerprint density at radius 1 is 1.42 bits per heavy atom. The number of halogens is 1. The molecule has 3 rings (SSSR count). The van der Waals surface area contributed by atoms with Gasteiger partial charge < -0.3 is 9.64 Å². The topological polar surface area (TPSA) is 47.4 Å². The van der Waals surface area contributed by atoms with Crippen LogP contribution in [-0.2, 0) is 4.74 Å². The molecule has 0 spiro atoms. The Bertz CT molecular complexity index is 727. The monoisotopic (exact) mass is 331 g/mol. The van der Waals surface area contributed by atoms with E-state index in [9.17, 15) is 9.18 Å². The molecule has 24 heavy (non-hydrogen) atoms. The maximum Gasteiger partial charge on any atom is 0.257 e. The van der Waals surface area contributed by atoms with Crippen LogP contribution in [-0.4, -0.2) is 46.4 Å². The summed E-state index contributed by atoms with van der Waals surface area (Å²) in [6.45, 7) is 5.71. The fourth-order valence-electron chi connectivity index (χ4n) is 3.15. The van der Waals surface area contributed by atoms with Crippen LogP contribution >= 0.6 is 0 Å². The van der Waals surface area contributed by atoms with Gasteiger partial charge in [-0.05, 0) is 38.8 Å². The number of aromatic nitrogens is 2. The normalized spacial score (nSPS) is 18.0. The largest absolute Gasteiger partial charge is 0.377 e. The lowest BCUT2D eigenvalue weighted by Gasteiger charge is -2.32. The summed E-state index contributed by atoms with van der Waals surface area (Å²) >= 11 is 0. The first-order chi connectivity index (χ1) is 11.6. The highest BCUT2D eigenvalue weighted by Crippen LogP contribution is 2.21. The Morgan fingerprint density at radius 2 is 2.21 bits per heavy atom. The van der Waals surface area contributed by atoms with Gasteiger partial charge in [-0.1, -0.05) is 12.1 Å². The molecule has 2 heterocycles. The van der Waals surface area contributed by atoms with Gasteiger partial charge in [0.25, 0.3) is 5.91 Å². The Morgan fingerprint density at radius 3 is 2.96 bits per heavy atom. The van der Waals surface area contributed by atoms with E-state index in [4.69, 9.17) is 4.74 Å². The molecule has 0 radical (unpaired) electrons. The number of piperidine rings is 1. The van der Waals surface area contributed by atoms with Gasteiger partial charge in [-0.3, -0.25) is 4.79 Å². The van der Waals surface area contributed by atoms with Gasteiger partial charge >= 0.3 is 0 Å². The number of rotatable bonds is 4. The van der Waals surface area contributed by atoms with Crippen molar-refractivity contribution >= 4 is 5.91 Å². The number of ether oxygens (including phenoxy) is 1. The number of likely N-dealkylation sites (tertiary alicyclic amines) is 1. The number of amides is 1. The molecule has 1 aliphatic rings. The second-order valence-electron chi connectivity index (χ2n) is 5.98. The van der Waals surface area contributed by atoms with Crippen LogP contribution in [0.1, 0.15) is 35.8 Å². The Labute approximate surface area is 141 Å². The minimum atomic E-state index is -0.364. The molecule has 128 valence electrons. The summed E-state index contributed by atoms with van der Waals surface area (Å²) in [6, 6.07) is 6.41. The van der Waals surface area contributed by atoms with Gasteiger partial charge in [-0.2, -0.15) is 5.10 Å². The number of hydrogen-bond donors (Lipinski definition) is 0. The fraction of sp³-hybridized carbons (Fsp3) is 0.444. The third kappa shape index (κ3) is 3.19. The summed E-state index contributed by atoms with van der Waals surface area (Å²) in [5.41, 5.74) is 1.50. The van der Waals surface area contributed by atoms with Crippen molar-refractivity contribution in [3.05, 3.63) is 47.5 Å². The van der Waals surface area contributed by atoms with E-state index in [1.54, 1.807) is 30.0 Å². The Kier molecular flexibility index (Phi) is 4.94. The van der Waals surface area contributed by atoms with E-state index in [0.717, 1.165) is 12.8 Å². The molecule has 1 aromatic carbocycles. The quantitative estimate of drug-likeness (QED) is 0.865. The predicted molar refractivity (Wildman–Crippen MR) is 88.8 cm³/mol. The highest BCUT2D eigenvalue weighted by molar-refractivity contribution is 5.95. The molecule has 1 saturated heterocycles. The number of para-hydroxylation sites is 1. The summed E-state index contributed by atoms with van der Waals surface area (Å²) < 4.78 is 21.1. The average molecular weight is 331 g/mol. The molecule has 1 amide bonds. The van der Waals surface area contributed by atoms with Crippen LogP contribution in [0.4, 0.5) is 4.39 Å². The van der Waals surface area contributed by atoms with E-state index in [-0.39, 0.29) is 17.8 Å². The molecule has 1 aliphatic heterocycles. The molecule has 5 nitrogen and oxygen atoms in total. The lowest BCUT2D eigenvalue weighted by molar-refractivity contribution is 0.00721. The van der Waals surface area contributed by atoms with Gasteiger partial charge in [0.2, 0.25) is 0 Å². The van der Waals surface area contributed by atoms with Crippen molar-refractivity contribution < 1.29 is 13.9 Å². The van der Waals surface area contributed by atoms with E-state index in [0.29, 0.717) is 36.6 Å². The van der Waals surface area contributed by atoms with E-state index in [1.807, 2.05) is 6.92 Å². The van der Waals surface area contributed by atoms with Crippen molar-refractivity contribution in [2.24, 2.45) is 0 Å². The first kappa shape index (κ1) is 16.6. The molecule has 0 saturated carbocycles. The lowest BCUT2D eigenvalue weighted by atomic mass is 10.1. The van der Waals surface area contributed by atoms with Gasteiger partial charge in [0, 0.05) is 19.7 Å². The van der Waals surface area contributed by atoms with Crippen molar-refractivity contribution in [3.63, 3.8) is 0 Å². The summed E-state index contributed by atoms with van der Waals surface area (Å²) in [5, 5.41) is 4.22. The van der Waals surface area contributed by atoms with E-state index >= 15 is 0 Å². The second kappa shape index (κ2) is 7.13. The fourth-order valence-corrected chi connectivity index (χ4v) is 3.15. The minimum Gasteiger partial charge on any atom is -0.377 e. The maximum absolute atomic E-state index is 14.0. The summed E-state index contributed by atoms with van der Waals surface area (Å²) in [7, 11) is 0. The highest BCUT2D eigenvalue weighted by atomic mass is 19.1. The molecule has 1 fully saturated rings. The molecule has 0 N–H and O–H groups in total. The molecule has 0 bridgehead atoms. The standard InChI is InChI=1S/C18H22FN3O2/c1-3-24-14-7-6-10-21(12-14)18(23)15-11-20-22(13(15)2)17-9-5-4-8-16(17)19/h4-5,8-9,11,14H,3,6-7,10,12H2,1-2H3/t14-/m0/s1. The molecular formula is C18H22FN3O2. The van der Waals surface area contributed by atoms with Crippen LogP contribution < -0.4 is 0 Å². The third-order valence-electron chi connectivity index (χ3n) is 4.39. The molecular weight excluding hydrogens is 309 g/mol. The van der Waals surface area contributed by atoms with E-state index in [1.165, 1.54) is 16.9 Å². The minimum absolute atomic E-state index is 0.0699. The zero-order chi connectivity index (χ0) is 17.1. The van der Waals surface area contributed by atoms with Crippen LogP contribution in [0.2, 0.25) is 0 Å². The number of benzene rings is 1. The highest BCUT2D eigenvalue weighted by Gasteiger charge is 2.27. The smallest absolute Gasteiger partial charge is 0.257 e. The van der Waals surface area contributed by atoms with Gasteiger partial charge in [-0.25, -0.2) is 9.07 Å². The Balaban J connectivity index is 1.83. The molecule has 6 heteroatoms. The zero-order valence-electron chi connectivity index (χ0n) is 14.0. The van der Waals surface area contributed by atoms with Gasteiger partial charge in [0.05, 0.1) is 23.6 Å². The van der Waals surface area contributed by atoms with Crippen LogP contribution in [0.5, 0.6) is 0 Å². The predicted octanol–water partition coefficient (Wildman–Crippen LogP) is 2.96. The molecule has 1 aromatic heterocycles. The first-order valence-electron chi connectivity index (χ1n) is 8.32. The molecule has 0 aliphatic carbocycles. The molecule has 1 atom stereocenters. The first-order valence-corrected chi connectivity index (χ1v) is 8.32. The summed E-state index contributed by atoms with van der Waals surface area (Å²) in [5.74, 6) is -0.434. The lowest BCUT2D eigenvalue weighted by Crippen LogP contribution is -2.43. The average Bonchev–Trinajstić information content (AvgIpc) is 2.97. The van der Waals surface area contributed by atoms with Gasteiger partial charge in [0.1, 0.15) is 11.5 Å². The van der Waals surface area contributed by atoms with Crippen LogP contribution in [0, 0.1) is 12.7 Å². The van der Waals surface area contributed by atoms with Crippen molar-refractivity contribution in [3.8, 4) is 5.69 Å². The van der Waals surface area contributed by atoms with Crippen molar-refractivity contribution in [1.82, 2.24) is 14.7 Å². The maximum atomic E-state index is 14.0. The van der Waals surface area contributed by atoms with Crippen LogP contribution in [0.15, 0.2) is 30.5 Å². The van der Waals surface area contributed by atoms with Crippen LogP contribution in [0.3, 0.4) is 0 Å². The van der Waals surface area contributed by atoms with Crippen LogP contribution in [0.25, 0.3) is 5.69 Å². The summed E-state index contributed by atoms with van der Waals surface area (Å²) in [4.78, 5) is 14.6. The van der Waals surface area contributed by atoms with E-state index in [2.05, 4.69) is 5.10 Å². The second-order valence-corrected chi connectivity index (χ2v) is 5.98. The Hall–Kier alpha value is -2.21. The molecule has 0 unspecified atom stereocenters. The number of hydrogen-bond acceptors (Lipinski definition) is 3. The van der Waals surface area contributed by atoms with E-state index < -0.39 is 0 Å². The third-order valence-corrected chi connectivity index (χ3v) is 4.39. The SMILES string of the molecule is CCO[C@H]1CCCN(C(=O)c2cnn(-c3ccccc3F)c2C)C1. The van der Waals surface area contributed by atoms with Crippen molar-refractivity contribution in [2.75, 3.05) is 19.7 Å². The number of carbonyl (C=O) groups is 1. The van der Waals surface area contributed by atoms with Crippen molar-refractivity contribution in [2.45, 2.75) is 32.8 Å². The number of carbonyl (C=O) groups excluding carboxylic acids is 1. The number of nitrogens with zero attached hydrogens (tertiary/aromatic N) is 3. The summed E-state index contributed by atoms with van der Waals surface area (Å²) in [6.07, 6.45) is 3.52. The van der Waals surface area contributed by atoms with Gasteiger partial charge in [-0.15, -0.1) is 0 Å². The molecule has 2 aromatic rings. The zero-order valence-corrected chi connectivity index (χ0v) is 14.0.